The van der Waals surface area contributed by atoms with E-state index >= 15 is 0 Å². The molecule has 0 saturated carbocycles. The van der Waals surface area contributed by atoms with E-state index in [2.05, 4.69) is 60.1 Å². The molecular formula is C14H27N5. The van der Waals surface area contributed by atoms with Gasteiger partial charge in [-0.3, -0.25) is 0 Å². The maximum Gasteiger partial charge on any atom is 0.135 e. The van der Waals surface area contributed by atoms with E-state index in [-0.39, 0.29) is 0 Å². The number of aromatic nitrogens is 2. The van der Waals surface area contributed by atoms with Gasteiger partial charge < -0.3 is 15.1 Å². The summed E-state index contributed by atoms with van der Waals surface area (Å²) in [5.74, 6) is 3.10. The Balaban J connectivity index is 2.77. The van der Waals surface area contributed by atoms with Crippen molar-refractivity contribution < 1.29 is 0 Å². The predicted octanol–water partition coefficient (Wildman–Crippen LogP) is 2.03. The molecule has 1 aromatic rings. The lowest BCUT2D eigenvalue weighted by Crippen LogP contribution is -2.24. The third-order valence-electron chi connectivity index (χ3n) is 2.99. The fraction of sp³-hybridized carbons (Fsp3) is 0.714. The van der Waals surface area contributed by atoms with Crippen LogP contribution in [-0.4, -0.2) is 56.1 Å². The second kappa shape index (κ2) is 7.28. The highest BCUT2D eigenvalue weighted by Crippen LogP contribution is 2.19. The van der Waals surface area contributed by atoms with Crippen LogP contribution < -0.4 is 10.2 Å². The quantitative estimate of drug-likeness (QED) is 0.817. The highest BCUT2D eigenvalue weighted by atomic mass is 15.2. The van der Waals surface area contributed by atoms with E-state index < -0.39 is 0 Å². The zero-order valence-electron chi connectivity index (χ0n) is 13.1. The average Bonchev–Trinajstić information content (AvgIpc) is 2.37. The molecule has 0 unspecified atom stereocenters. The van der Waals surface area contributed by atoms with Crippen LogP contribution in [0.5, 0.6) is 0 Å². The Morgan fingerprint density at radius 2 is 1.84 bits per heavy atom. The molecule has 0 fully saturated rings. The van der Waals surface area contributed by atoms with Crippen molar-refractivity contribution >= 4 is 11.6 Å². The number of anilines is 2. The summed E-state index contributed by atoms with van der Waals surface area (Å²) in [7, 11) is 8.17. The zero-order valence-corrected chi connectivity index (χ0v) is 13.1. The molecule has 0 bridgehead atoms. The Kier molecular flexibility index (Phi) is 6.02. The number of nitrogens with one attached hydrogen (secondary N) is 1. The van der Waals surface area contributed by atoms with Crippen molar-refractivity contribution in [2.24, 2.45) is 0 Å². The summed E-state index contributed by atoms with van der Waals surface area (Å²) in [6.45, 7) is 6.32. The van der Waals surface area contributed by atoms with Gasteiger partial charge in [-0.1, -0.05) is 13.8 Å². The van der Waals surface area contributed by atoms with Gasteiger partial charge in [-0.2, -0.15) is 0 Å². The molecule has 0 spiro atoms. The second-order valence-electron chi connectivity index (χ2n) is 5.45. The van der Waals surface area contributed by atoms with E-state index in [1.807, 2.05) is 13.1 Å². The van der Waals surface area contributed by atoms with E-state index in [9.17, 15) is 0 Å². The Bertz CT molecular complexity index is 389. The van der Waals surface area contributed by atoms with Gasteiger partial charge in [-0.25, -0.2) is 9.97 Å². The third-order valence-corrected chi connectivity index (χ3v) is 2.99. The molecule has 5 nitrogen and oxygen atoms in total. The van der Waals surface area contributed by atoms with Crippen molar-refractivity contribution in [3.8, 4) is 0 Å². The van der Waals surface area contributed by atoms with Crippen molar-refractivity contribution in [3.05, 3.63) is 11.9 Å². The highest BCUT2D eigenvalue weighted by molar-refractivity contribution is 5.48. The number of nitrogens with zero attached hydrogens (tertiary/aromatic N) is 4. The van der Waals surface area contributed by atoms with Gasteiger partial charge in [0.25, 0.3) is 0 Å². The summed E-state index contributed by atoms with van der Waals surface area (Å²) in [5.41, 5.74) is 0. The molecule has 0 aliphatic rings. The minimum Gasteiger partial charge on any atom is -0.373 e. The van der Waals surface area contributed by atoms with Crippen LogP contribution in [0, 0.1) is 0 Å². The minimum absolute atomic E-state index is 0.335. The predicted molar refractivity (Wildman–Crippen MR) is 82.1 cm³/mol. The molecule has 1 rings (SSSR count). The summed E-state index contributed by atoms with van der Waals surface area (Å²) in [5, 5.41) is 3.11. The van der Waals surface area contributed by atoms with E-state index in [0.717, 1.165) is 37.0 Å². The summed E-state index contributed by atoms with van der Waals surface area (Å²) < 4.78 is 0. The summed E-state index contributed by atoms with van der Waals surface area (Å²) in [4.78, 5) is 13.5. The van der Waals surface area contributed by atoms with E-state index in [0.29, 0.717) is 5.92 Å². The zero-order chi connectivity index (χ0) is 14.4. The molecule has 0 aliphatic heterocycles. The van der Waals surface area contributed by atoms with Crippen molar-refractivity contribution in [2.45, 2.75) is 26.2 Å². The van der Waals surface area contributed by atoms with Crippen LogP contribution in [0.1, 0.15) is 32.0 Å². The molecule has 0 aromatic carbocycles. The van der Waals surface area contributed by atoms with Gasteiger partial charge in [0, 0.05) is 32.6 Å². The van der Waals surface area contributed by atoms with Crippen LogP contribution >= 0.6 is 0 Å². The lowest BCUT2D eigenvalue weighted by Gasteiger charge is -2.21. The molecule has 0 atom stereocenters. The fourth-order valence-electron chi connectivity index (χ4n) is 1.77. The van der Waals surface area contributed by atoms with Crippen molar-refractivity contribution in [1.82, 2.24) is 14.9 Å². The van der Waals surface area contributed by atoms with Gasteiger partial charge in [-0.05, 0) is 27.1 Å². The first-order valence-electron chi connectivity index (χ1n) is 6.86. The molecule has 0 radical (unpaired) electrons. The van der Waals surface area contributed by atoms with E-state index in [4.69, 9.17) is 0 Å². The van der Waals surface area contributed by atoms with Crippen LogP contribution in [0.15, 0.2) is 6.07 Å². The molecule has 0 amide bonds. The van der Waals surface area contributed by atoms with Crippen LogP contribution in [0.4, 0.5) is 11.6 Å². The molecule has 0 saturated heterocycles. The van der Waals surface area contributed by atoms with E-state index in [1.165, 1.54) is 0 Å². The number of hydrogen-bond acceptors (Lipinski definition) is 5. The normalized spacial score (nSPS) is 11.2. The van der Waals surface area contributed by atoms with Gasteiger partial charge in [0.2, 0.25) is 0 Å². The third kappa shape index (κ3) is 5.03. The Morgan fingerprint density at radius 1 is 1.16 bits per heavy atom. The number of rotatable bonds is 7. The molecule has 19 heavy (non-hydrogen) atoms. The van der Waals surface area contributed by atoms with Gasteiger partial charge in [0.05, 0.1) is 0 Å². The Labute approximate surface area is 117 Å². The lowest BCUT2D eigenvalue weighted by atomic mass is 10.2. The monoisotopic (exact) mass is 265 g/mol. The Morgan fingerprint density at radius 3 is 2.37 bits per heavy atom. The molecule has 5 heteroatoms. The second-order valence-corrected chi connectivity index (χ2v) is 5.45. The summed E-state index contributed by atoms with van der Waals surface area (Å²) in [6, 6.07) is 2.00. The fourth-order valence-corrected chi connectivity index (χ4v) is 1.77. The first kappa shape index (κ1) is 15.7. The van der Waals surface area contributed by atoms with Crippen LogP contribution in [-0.2, 0) is 0 Å². The molecule has 1 N–H and O–H groups in total. The van der Waals surface area contributed by atoms with Gasteiger partial charge in [-0.15, -0.1) is 0 Å². The molecular weight excluding hydrogens is 238 g/mol. The smallest absolute Gasteiger partial charge is 0.135 e. The summed E-state index contributed by atoms with van der Waals surface area (Å²) >= 11 is 0. The van der Waals surface area contributed by atoms with Crippen LogP contribution in [0.3, 0.4) is 0 Å². The van der Waals surface area contributed by atoms with Gasteiger partial charge in [0.1, 0.15) is 17.5 Å². The van der Waals surface area contributed by atoms with E-state index in [1.54, 1.807) is 0 Å². The first-order valence-corrected chi connectivity index (χ1v) is 6.86. The first-order chi connectivity index (χ1) is 8.93. The Hall–Kier alpha value is -1.36. The van der Waals surface area contributed by atoms with Crippen molar-refractivity contribution in [2.75, 3.05) is 51.5 Å². The van der Waals surface area contributed by atoms with Gasteiger partial charge >= 0.3 is 0 Å². The van der Waals surface area contributed by atoms with Crippen LogP contribution in [0.25, 0.3) is 0 Å². The molecule has 1 heterocycles. The number of hydrogen-bond donors (Lipinski definition) is 1. The lowest BCUT2D eigenvalue weighted by molar-refractivity contribution is 0.401. The minimum atomic E-state index is 0.335. The van der Waals surface area contributed by atoms with Crippen molar-refractivity contribution in [1.29, 1.82) is 0 Å². The standard InChI is InChI=1S/C14H27N5/c1-11(2)14-16-12(15-3)10-13(17-14)19(6)9-7-8-18(4)5/h10-11H,7-9H2,1-6H3,(H,15,16,17). The molecule has 1 aromatic heterocycles. The van der Waals surface area contributed by atoms with Crippen LogP contribution in [0.2, 0.25) is 0 Å². The maximum atomic E-state index is 4.64. The summed E-state index contributed by atoms with van der Waals surface area (Å²) in [6.07, 6.45) is 1.12. The van der Waals surface area contributed by atoms with Crippen molar-refractivity contribution in [3.63, 3.8) is 0 Å². The molecule has 108 valence electrons. The SMILES string of the molecule is CNc1cc(N(C)CCCN(C)C)nc(C(C)C)n1. The van der Waals surface area contributed by atoms with Gasteiger partial charge in [0.15, 0.2) is 0 Å². The molecule has 0 aliphatic carbocycles. The topological polar surface area (TPSA) is 44.3 Å². The average molecular weight is 265 g/mol. The maximum absolute atomic E-state index is 4.64. The largest absolute Gasteiger partial charge is 0.373 e. The highest BCUT2D eigenvalue weighted by Gasteiger charge is 2.10.